The van der Waals surface area contributed by atoms with E-state index in [4.69, 9.17) is 0 Å². The van der Waals surface area contributed by atoms with Crippen LogP contribution in [-0.2, 0) is 0 Å². The van der Waals surface area contributed by atoms with Gasteiger partial charge in [0.25, 0.3) is 0 Å². The van der Waals surface area contributed by atoms with E-state index in [1.807, 2.05) is 6.07 Å². The molecule has 0 unspecified atom stereocenters. The fourth-order valence-corrected chi connectivity index (χ4v) is 2.83. The number of hydrogen-bond acceptors (Lipinski definition) is 0. The summed E-state index contributed by atoms with van der Waals surface area (Å²) in [4.78, 5) is 0. The molecule has 3 rings (SSSR count). The Labute approximate surface area is 147 Å². The van der Waals surface area contributed by atoms with Crippen molar-refractivity contribution in [2.24, 2.45) is 0 Å². The summed E-state index contributed by atoms with van der Waals surface area (Å²) in [5.41, 5.74) is 4.82. The molecule has 0 saturated heterocycles. The molecular weight excluding hydrogens is 400 g/mol. The maximum atomic E-state index is 3.50. The van der Waals surface area contributed by atoms with Gasteiger partial charge in [-0.2, -0.15) is 0 Å². The summed E-state index contributed by atoms with van der Waals surface area (Å²) < 4.78 is 2.18. The predicted molar refractivity (Wildman–Crippen MR) is 102 cm³/mol. The van der Waals surface area contributed by atoms with E-state index in [-0.39, 0.29) is 0 Å². The van der Waals surface area contributed by atoms with Crippen LogP contribution in [0, 0.1) is 0 Å². The molecule has 0 radical (unpaired) electrons. The average Bonchev–Trinajstić information content (AvgIpc) is 2.56. The second-order valence-electron chi connectivity index (χ2n) is 4.98. The molecule has 0 aliphatic rings. The molecule has 0 nitrogen and oxygen atoms in total. The van der Waals surface area contributed by atoms with Crippen molar-refractivity contribution in [3.8, 4) is 0 Å². The Kier molecular flexibility index (Phi) is 4.91. The molecule has 0 aromatic heterocycles. The molecule has 0 saturated carbocycles. The lowest BCUT2D eigenvalue weighted by Crippen LogP contribution is -1.88. The summed E-state index contributed by atoms with van der Waals surface area (Å²) in [6.07, 6.45) is 2.23. The van der Waals surface area contributed by atoms with Crippen LogP contribution in [0.1, 0.15) is 16.7 Å². The topological polar surface area (TPSA) is 0 Å². The Bertz CT molecular complexity index is 770. The van der Waals surface area contributed by atoms with Crippen molar-refractivity contribution in [2.45, 2.75) is 0 Å². The van der Waals surface area contributed by atoms with Gasteiger partial charge in [0.05, 0.1) is 0 Å². The Hall–Kier alpha value is -1.64. The van der Waals surface area contributed by atoms with Crippen LogP contribution in [0.2, 0.25) is 0 Å². The summed E-state index contributed by atoms with van der Waals surface area (Å²) >= 11 is 6.98. The van der Waals surface area contributed by atoms with Gasteiger partial charge in [-0.25, -0.2) is 0 Å². The van der Waals surface area contributed by atoms with Gasteiger partial charge in [-0.1, -0.05) is 86.5 Å². The molecule has 108 valence electrons. The summed E-state index contributed by atoms with van der Waals surface area (Å²) in [6.45, 7) is 0. The standard InChI is InChI=1S/C20H14Br2/c21-18-10-6-15(7-11-18)14-20(16-4-2-1-3-5-16)17-8-12-19(22)13-9-17/h1-14H/b20-14+. The van der Waals surface area contributed by atoms with Crippen LogP contribution in [-0.4, -0.2) is 0 Å². The molecule has 22 heavy (non-hydrogen) atoms. The van der Waals surface area contributed by atoms with E-state index < -0.39 is 0 Å². The highest BCUT2D eigenvalue weighted by Crippen LogP contribution is 2.27. The first-order valence-corrected chi connectivity index (χ1v) is 8.59. The zero-order valence-corrected chi connectivity index (χ0v) is 15.0. The van der Waals surface area contributed by atoms with Crippen LogP contribution in [0.3, 0.4) is 0 Å². The first-order chi connectivity index (χ1) is 10.7. The van der Waals surface area contributed by atoms with Crippen molar-refractivity contribution < 1.29 is 0 Å². The third kappa shape index (κ3) is 3.76. The first-order valence-electron chi connectivity index (χ1n) is 7.01. The minimum atomic E-state index is 1.09. The summed E-state index contributed by atoms with van der Waals surface area (Å²) in [5, 5.41) is 0. The lowest BCUT2D eigenvalue weighted by molar-refractivity contribution is 1.53. The second kappa shape index (κ2) is 7.08. The monoisotopic (exact) mass is 412 g/mol. The van der Waals surface area contributed by atoms with Crippen molar-refractivity contribution in [3.63, 3.8) is 0 Å². The van der Waals surface area contributed by atoms with Crippen molar-refractivity contribution in [2.75, 3.05) is 0 Å². The summed E-state index contributed by atoms with van der Waals surface area (Å²) in [5.74, 6) is 0. The van der Waals surface area contributed by atoms with Gasteiger partial charge in [-0.3, -0.25) is 0 Å². The van der Waals surface area contributed by atoms with E-state index in [2.05, 4.69) is 111 Å². The maximum absolute atomic E-state index is 3.50. The predicted octanol–water partition coefficient (Wildman–Crippen LogP) is 6.80. The number of benzene rings is 3. The highest BCUT2D eigenvalue weighted by atomic mass is 79.9. The molecule has 0 fully saturated rings. The smallest absolute Gasteiger partial charge is 0.0175 e. The summed E-state index contributed by atoms with van der Waals surface area (Å²) in [6, 6.07) is 27.3. The van der Waals surface area contributed by atoms with E-state index in [9.17, 15) is 0 Å². The fraction of sp³-hybridized carbons (Fsp3) is 0. The maximum Gasteiger partial charge on any atom is 0.0175 e. The van der Waals surface area contributed by atoms with E-state index in [1.165, 1.54) is 22.3 Å². The van der Waals surface area contributed by atoms with Gasteiger partial charge in [0.2, 0.25) is 0 Å². The van der Waals surface area contributed by atoms with Gasteiger partial charge < -0.3 is 0 Å². The molecule has 3 aromatic rings. The van der Waals surface area contributed by atoms with E-state index in [0.29, 0.717) is 0 Å². The Morgan fingerprint density at radius 2 is 1.09 bits per heavy atom. The number of hydrogen-bond donors (Lipinski definition) is 0. The van der Waals surface area contributed by atoms with E-state index in [1.54, 1.807) is 0 Å². The van der Waals surface area contributed by atoms with Crippen molar-refractivity contribution in [1.29, 1.82) is 0 Å². The highest BCUT2D eigenvalue weighted by Gasteiger charge is 2.05. The molecule has 0 aliphatic heterocycles. The van der Waals surface area contributed by atoms with Crippen LogP contribution < -0.4 is 0 Å². The summed E-state index contributed by atoms with van der Waals surface area (Å²) in [7, 11) is 0. The van der Waals surface area contributed by atoms with E-state index in [0.717, 1.165) is 8.95 Å². The van der Waals surface area contributed by atoms with Gasteiger partial charge in [0.1, 0.15) is 0 Å². The molecule has 3 aromatic carbocycles. The largest absolute Gasteiger partial charge is 0.0622 e. The lowest BCUT2D eigenvalue weighted by Gasteiger charge is -2.09. The first kappa shape index (κ1) is 15.3. The van der Waals surface area contributed by atoms with Crippen LogP contribution >= 0.6 is 31.9 Å². The van der Waals surface area contributed by atoms with E-state index >= 15 is 0 Å². The molecule has 0 amide bonds. The normalized spacial score (nSPS) is 11.5. The van der Waals surface area contributed by atoms with Crippen molar-refractivity contribution >= 4 is 43.5 Å². The third-order valence-electron chi connectivity index (χ3n) is 3.42. The Balaban J connectivity index is 2.10. The van der Waals surface area contributed by atoms with Gasteiger partial charge in [0.15, 0.2) is 0 Å². The molecule has 0 spiro atoms. The molecular formula is C20H14Br2. The zero-order valence-electron chi connectivity index (χ0n) is 11.8. The lowest BCUT2D eigenvalue weighted by atomic mass is 9.96. The van der Waals surface area contributed by atoms with Gasteiger partial charge in [-0.15, -0.1) is 0 Å². The molecule has 2 heteroatoms. The molecule has 0 aliphatic carbocycles. The van der Waals surface area contributed by atoms with Crippen LogP contribution in [0.25, 0.3) is 11.6 Å². The molecule has 0 bridgehead atoms. The van der Waals surface area contributed by atoms with Crippen LogP contribution in [0.5, 0.6) is 0 Å². The number of halogens is 2. The van der Waals surface area contributed by atoms with Gasteiger partial charge in [0, 0.05) is 8.95 Å². The van der Waals surface area contributed by atoms with Gasteiger partial charge in [-0.05, 0) is 52.6 Å². The van der Waals surface area contributed by atoms with Gasteiger partial charge >= 0.3 is 0 Å². The Morgan fingerprint density at radius 3 is 1.68 bits per heavy atom. The second-order valence-corrected chi connectivity index (χ2v) is 6.81. The minimum Gasteiger partial charge on any atom is -0.0622 e. The van der Waals surface area contributed by atoms with Crippen LogP contribution in [0.15, 0.2) is 87.8 Å². The fourth-order valence-electron chi connectivity index (χ4n) is 2.31. The highest BCUT2D eigenvalue weighted by molar-refractivity contribution is 9.10. The minimum absolute atomic E-state index is 1.09. The third-order valence-corrected chi connectivity index (χ3v) is 4.48. The molecule has 0 atom stereocenters. The molecule has 0 heterocycles. The van der Waals surface area contributed by atoms with Crippen molar-refractivity contribution in [1.82, 2.24) is 0 Å². The number of rotatable bonds is 3. The quantitative estimate of drug-likeness (QED) is 0.414. The van der Waals surface area contributed by atoms with Crippen molar-refractivity contribution in [3.05, 3.63) is 104 Å². The van der Waals surface area contributed by atoms with Crippen LogP contribution in [0.4, 0.5) is 0 Å². The Morgan fingerprint density at radius 1 is 0.591 bits per heavy atom. The SMILES string of the molecule is Brc1ccc(/C=C(\c2ccccc2)c2ccc(Br)cc2)cc1. The molecule has 0 N–H and O–H groups in total. The zero-order chi connectivity index (χ0) is 15.4. The average molecular weight is 414 g/mol.